The first-order valence-electron chi connectivity index (χ1n) is 7.24. The summed E-state index contributed by atoms with van der Waals surface area (Å²) < 4.78 is 18.9. The molecule has 0 aliphatic carbocycles. The van der Waals surface area contributed by atoms with Gasteiger partial charge in [0.25, 0.3) is 0 Å². The van der Waals surface area contributed by atoms with E-state index in [0.29, 0.717) is 5.71 Å². The molecule has 0 unspecified atom stereocenters. The van der Waals surface area contributed by atoms with E-state index in [1.165, 1.54) is 6.07 Å². The van der Waals surface area contributed by atoms with Crippen molar-refractivity contribution in [1.29, 1.82) is 0 Å². The zero-order valence-electron chi connectivity index (χ0n) is 12.9. The second kappa shape index (κ2) is 5.67. The molecule has 0 radical (unpaired) electrons. The first kappa shape index (κ1) is 14.4. The van der Waals surface area contributed by atoms with Crippen LogP contribution in [0.1, 0.15) is 12.5 Å². The van der Waals surface area contributed by atoms with Gasteiger partial charge in [-0.05, 0) is 43.7 Å². The van der Waals surface area contributed by atoms with Crippen molar-refractivity contribution in [3.05, 3.63) is 48.2 Å². The molecule has 0 aliphatic rings. The molecule has 0 bridgehead atoms. The van der Waals surface area contributed by atoms with E-state index in [1.807, 2.05) is 32.4 Å². The van der Waals surface area contributed by atoms with Gasteiger partial charge in [0.05, 0.1) is 0 Å². The van der Waals surface area contributed by atoms with E-state index in [4.69, 9.17) is 4.42 Å². The van der Waals surface area contributed by atoms with Gasteiger partial charge in [0, 0.05) is 42.5 Å². The van der Waals surface area contributed by atoms with Crippen LogP contribution in [0.15, 0.2) is 41.1 Å². The maximum Gasteiger partial charge on any atom is 0.229 e. The molecule has 0 aliphatic heterocycles. The first-order chi connectivity index (χ1) is 10.6. The number of nitrogens with zero attached hydrogens (tertiary/aromatic N) is 2. The molecule has 0 atom stereocenters. The van der Waals surface area contributed by atoms with E-state index in [9.17, 15) is 4.39 Å². The van der Waals surface area contributed by atoms with Crippen LogP contribution in [-0.4, -0.2) is 18.6 Å². The molecule has 0 fully saturated rings. The molecule has 0 saturated carbocycles. The van der Waals surface area contributed by atoms with E-state index in [1.54, 1.807) is 6.07 Å². The van der Waals surface area contributed by atoms with E-state index in [2.05, 4.69) is 28.2 Å². The first-order valence-corrected chi connectivity index (χ1v) is 7.24. The number of hydrogen-bond acceptors (Lipinski definition) is 4. The van der Waals surface area contributed by atoms with Crippen LogP contribution < -0.4 is 10.2 Å². The summed E-state index contributed by atoms with van der Waals surface area (Å²) in [4.78, 5) is 5.96. The zero-order valence-corrected chi connectivity index (χ0v) is 12.9. The Hall–Kier alpha value is -2.56. The lowest BCUT2D eigenvalue weighted by molar-refractivity contribution is 0.569. The van der Waals surface area contributed by atoms with Crippen molar-refractivity contribution in [2.24, 2.45) is 0 Å². The molecule has 2 heterocycles. The third-order valence-corrected chi connectivity index (χ3v) is 3.69. The lowest BCUT2D eigenvalue weighted by Crippen LogP contribution is -2.17. The largest absolute Gasteiger partial charge is 0.438 e. The minimum atomic E-state index is -0.532. The van der Waals surface area contributed by atoms with Crippen LogP contribution in [0, 0.1) is 12.9 Å². The van der Waals surface area contributed by atoms with Crippen molar-refractivity contribution in [3.8, 4) is 0 Å². The number of aromatic nitrogens is 1. The van der Waals surface area contributed by atoms with Crippen molar-refractivity contribution >= 4 is 27.8 Å². The summed E-state index contributed by atoms with van der Waals surface area (Å²) in [6.45, 7) is 4.97. The van der Waals surface area contributed by atoms with Crippen LogP contribution in [0.4, 0.5) is 10.1 Å². The minimum Gasteiger partial charge on any atom is -0.438 e. The average Bonchev–Trinajstić information content (AvgIpc) is 2.84. The Morgan fingerprint density at radius 1 is 1.32 bits per heavy atom. The van der Waals surface area contributed by atoms with Crippen molar-refractivity contribution < 1.29 is 8.81 Å². The van der Waals surface area contributed by atoms with E-state index in [0.717, 1.165) is 34.2 Å². The monoisotopic (exact) mass is 299 g/mol. The number of hydrogen-bond donors (Lipinski definition) is 1. The number of furan rings is 1. The van der Waals surface area contributed by atoms with Gasteiger partial charge in [0.1, 0.15) is 5.58 Å². The number of nitrogens with one attached hydrogen (secondary N) is 1. The Balaban J connectivity index is 2.21. The maximum absolute atomic E-state index is 13.3. The quantitative estimate of drug-likeness (QED) is 0.741. The Morgan fingerprint density at radius 3 is 2.86 bits per heavy atom. The average molecular weight is 299 g/mol. The lowest BCUT2D eigenvalue weighted by Gasteiger charge is -2.20. The Labute approximate surface area is 128 Å². The molecular formula is C17H18FN3O. The van der Waals surface area contributed by atoms with Crippen LogP contribution in [0.25, 0.3) is 22.1 Å². The number of aryl methyl sites for hydroxylation is 1. The summed E-state index contributed by atoms with van der Waals surface area (Å²) in [6, 6.07) is 7.11. The number of fused-ring (bicyclic) bond motifs is 3. The normalized spacial score (nSPS) is 11.6. The van der Waals surface area contributed by atoms with Gasteiger partial charge in [-0.2, -0.15) is 9.37 Å². The fourth-order valence-corrected chi connectivity index (χ4v) is 2.60. The standard InChI is InChI=1S/C17H18FN3O/c1-4-21(8-7-19-3)14-10-13-12-5-6-16(18)20-17(12)22-15(13)9-11(14)2/h5-10,19H,4H2,1-3H3/b8-7-. The topological polar surface area (TPSA) is 41.3 Å². The minimum absolute atomic E-state index is 0.334. The highest BCUT2D eigenvalue weighted by Gasteiger charge is 2.13. The smallest absolute Gasteiger partial charge is 0.229 e. The zero-order chi connectivity index (χ0) is 15.7. The second-order valence-corrected chi connectivity index (χ2v) is 5.11. The van der Waals surface area contributed by atoms with E-state index in [-0.39, 0.29) is 0 Å². The summed E-state index contributed by atoms with van der Waals surface area (Å²) >= 11 is 0. The summed E-state index contributed by atoms with van der Waals surface area (Å²) in [5, 5.41) is 4.77. The molecule has 22 heavy (non-hydrogen) atoms. The molecule has 3 aromatic rings. The van der Waals surface area contributed by atoms with Gasteiger partial charge in [-0.25, -0.2) is 0 Å². The van der Waals surface area contributed by atoms with Gasteiger partial charge < -0.3 is 14.6 Å². The SMILES string of the molecule is CCN(/C=C\NC)c1cc2c(cc1C)oc1nc(F)ccc12. The van der Waals surface area contributed by atoms with Crippen molar-refractivity contribution in [2.75, 3.05) is 18.5 Å². The Morgan fingerprint density at radius 2 is 2.14 bits per heavy atom. The van der Waals surface area contributed by atoms with Gasteiger partial charge in [0.15, 0.2) is 0 Å². The van der Waals surface area contributed by atoms with Gasteiger partial charge in [0.2, 0.25) is 11.7 Å². The van der Waals surface area contributed by atoms with Gasteiger partial charge in [-0.1, -0.05) is 0 Å². The van der Waals surface area contributed by atoms with Crippen LogP contribution >= 0.6 is 0 Å². The number of benzene rings is 1. The molecular weight excluding hydrogens is 281 g/mol. The molecule has 114 valence electrons. The molecule has 0 spiro atoms. The van der Waals surface area contributed by atoms with Crippen molar-refractivity contribution in [3.63, 3.8) is 0 Å². The van der Waals surface area contributed by atoms with Crippen molar-refractivity contribution in [2.45, 2.75) is 13.8 Å². The Kier molecular flexibility index (Phi) is 3.71. The molecule has 0 amide bonds. The second-order valence-electron chi connectivity index (χ2n) is 5.11. The summed E-state index contributed by atoms with van der Waals surface area (Å²) in [5.74, 6) is -0.532. The van der Waals surface area contributed by atoms with Crippen LogP contribution in [-0.2, 0) is 0 Å². The van der Waals surface area contributed by atoms with Gasteiger partial charge in [-0.15, -0.1) is 0 Å². The Bertz CT molecular complexity index is 854. The predicted molar refractivity (Wildman–Crippen MR) is 87.4 cm³/mol. The molecule has 1 aromatic carbocycles. The molecule has 3 rings (SSSR count). The fraction of sp³-hybridized carbons (Fsp3) is 0.235. The lowest BCUT2D eigenvalue weighted by atomic mass is 10.1. The number of pyridine rings is 1. The highest BCUT2D eigenvalue weighted by Crippen LogP contribution is 2.33. The van der Waals surface area contributed by atoms with Crippen LogP contribution in [0.2, 0.25) is 0 Å². The van der Waals surface area contributed by atoms with Crippen molar-refractivity contribution in [1.82, 2.24) is 10.3 Å². The third kappa shape index (κ3) is 2.39. The molecule has 2 aromatic heterocycles. The van der Waals surface area contributed by atoms with E-state index < -0.39 is 5.95 Å². The van der Waals surface area contributed by atoms with Crippen LogP contribution in [0.5, 0.6) is 0 Å². The summed E-state index contributed by atoms with van der Waals surface area (Å²) in [6.07, 6.45) is 3.88. The number of anilines is 1. The molecule has 5 heteroatoms. The predicted octanol–water partition coefficient (Wildman–Crippen LogP) is 3.95. The highest BCUT2D eigenvalue weighted by molar-refractivity contribution is 6.05. The van der Waals surface area contributed by atoms with Crippen LogP contribution in [0.3, 0.4) is 0 Å². The fourth-order valence-electron chi connectivity index (χ4n) is 2.60. The van der Waals surface area contributed by atoms with E-state index >= 15 is 0 Å². The molecule has 1 N–H and O–H groups in total. The maximum atomic E-state index is 13.3. The number of halogens is 1. The molecule has 4 nitrogen and oxygen atoms in total. The summed E-state index contributed by atoms with van der Waals surface area (Å²) in [5.41, 5.74) is 3.24. The third-order valence-electron chi connectivity index (χ3n) is 3.69. The molecule has 0 saturated heterocycles. The number of rotatable bonds is 4. The van der Waals surface area contributed by atoms with Gasteiger partial charge >= 0.3 is 0 Å². The summed E-state index contributed by atoms with van der Waals surface area (Å²) in [7, 11) is 1.87. The highest BCUT2D eigenvalue weighted by atomic mass is 19.1. The van der Waals surface area contributed by atoms with Gasteiger partial charge in [-0.3, -0.25) is 0 Å².